The second-order valence-corrected chi connectivity index (χ2v) is 12.2. The predicted molar refractivity (Wildman–Crippen MR) is 170 cm³/mol. The highest BCUT2D eigenvalue weighted by Gasteiger charge is 2.63. The molecule has 0 aromatic heterocycles. The monoisotopic (exact) mass is 639 g/mol. The molecule has 3 aliphatic rings. The molecule has 47 heavy (non-hydrogen) atoms. The van der Waals surface area contributed by atoms with Crippen LogP contribution >= 0.6 is 0 Å². The van der Waals surface area contributed by atoms with Gasteiger partial charge in [-0.2, -0.15) is 0 Å². The summed E-state index contributed by atoms with van der Waals surface area (Å²) >= 11 is 0. The quantitative estimate of drug-likeness (QED) is 0.218. The zero-order valence-corrected chi connectivity index (χ0v) is 25.8. The number of methoxy groups -OCH3 is 1. The molecule has 0 heterocycles. The minimum Gasteiger partial charge on any atom is -0.510 e. The second-order valence-electron chi connectivity index (χ2n) is 12.2. The van der Waals surface area contributed by atoms with Crippen molar-refractivity contribution in [1.29, 1.82) is 0 Å². The number of nitrogens with zero attached hydrogens (tertiary/aromatic N) is 1. The van der Waals surface area contributed by atoms with Crippen LogP contribution in [-0.2, 0) is 16.0 Å². The minimum absolute atomic E-state index is 0.0167. The Bertz CT molecular complexity index is 1910. The zero-order chi connectivity index (χ0) is 33.9. The highest BCUT2D eigenvalue weighted by atomic mass is 16.5. The number of carbonyl (C=O) groups excluding carboxylic acids is 4. The Morgan fingerprint density at radius 1 is 0.979 bits per heavy atom. The molecule has 0 spiro atoms. The Morgan fingerprint density at radius 3 is 2.23 bits per heavy atom. The topological polar surface area (TPSA) is 200 Å². The molecule has 242 valence electrons. The van der Waals surface area contributed by atoms with Crippen molar-refractivity contribution in [3.63, 3.8) is 0 Å². The van der Waals surface area contributed by atoms with E-state index in [9.17, 15) is 39.6 Å². The van der Waals surface area contributed by atoms with E-state index in [0.717, 1.165) is 0 Å². The number of phenols is 1. The SMILES string of the molecule is COc1ccc(C(=O)Nc2ccc(-c3ccc(O)c4c3CC3CC5C(N(C)C)C(O)=C(C(N)=O)C(=O)C5(O)C(O)=C3C4=O)cc2)cc1. The number of anilines is 1. The van der Waals surface area contributed by atoms with Crippen molar-refractivity contribution in [3.8, 4) is 22.6 Å². The Balaban J connectivity index is 1.37. The van der Waals surface area contributed by atoms with E-state index in [-0.39, 0.29) is 35.6 Å². The molecule has 0 bridgehead atoms. The van der Waals surface area contributed by atoms with Crippen LogP contribution in [0.1, 0.15) is 32.7 Å². The van der Waals surface area contributed by atoms with Gasteiger partial charge in [0, 0.05) is 22.7 Å². The zero-order valence-electron chi connectivity index (χ0n) is 25.8. The third-order valence-corrected chi connectivity index (χ3v) is 9.41. The third kappa shape index (κ3) is 4.84. The Morgan fingerprint density at radius 2 is 1.64 bits per heavy atom. The van der Waals surface area contributed by atoms with Gasteiger partial charge in [-0.25, -0.2) is 0 Å². The molecular weight excluding hydrogens is 606 g/mol. The number of nitrogens with two attached hydrogens (primary N) is 1. The number of amides is 2. The number of aliphatic hydroxyl groups excluding tert-OH is 2. The van der Waals surface area contributed by atoms with Crippen LogP contribution in [0.3, 0.4) is 0 Å². The summed E-state index contributed by atoms with van der Waals surface area (Å²) in [4.78, 5) is 53.9. The van der Waals surface area contributed by atoms with E-state index in [4.69, 9.17) is 10.5 Å². The molecule has 6 rings (SSSR count). The number of fused-ring (bicyclic) bond motifs is 3. The van der Waals surface area contributed by atoms with E-state index in [1.165, 1.54) is 18.1 Å². The van der Waals surface area contributed by atoms with Crippen molar-refractivity contribution >= 4 is 29.1 Å². The van der Waals surface area contributed by atoms with E-state index in [1.54, 1.807) is 68.7 Å². The smallest absolute Gasteiger partial charge is 0.255 e. The molecule has 3 aromatic rings. The molecule has 0 saturated heterocycles. The van der Waals surface area contributed by atoms with Crippen molar-refractivity contribution in [2.75, 3.05) is 26.5 Å². The minimum atomic E-state index is -2.70. The number of rotatable bonds is 6. The van der Waals surface area contributed by atoms with Gasteiger partial charge in [0.2, 0.25) is 5.78 Å². The van der Waals surface area contributed by atoms with E-state index >= 15 is 0 Å². The van der Waals surface area contributed by atoms with E-state index in [1.807, 2.05) is 0 Å². The molecule has 4 atom stereocenters. The summed E-state index contributed by atoms with van der Waals surface area (Å²) in [6.07, 6.45) is 0.130. The number of carbonyl (C=O) groups is 4. The second kappa shape index (κ2) is 11.4. The van der Waals surface area contributed by atoms with Crippen LogP contribution < -0.4 is 15.8 Å². The maximum atomic E-state index is 14.0. The van der Waals surface area contributed by atoms with Crippen LogP contribution in [0.25, 0.3) is 11.1 Å². The third-order valence-electron chi connectivity index (χ3n) is 9.41. The normalized spacial score (nSPS) is 23.6. The molecule has 3 aromatic carbocycles. The van der Waals surface area contributed by atoms with Gasteiger partial charge < -0.3 is 36.2 Å². The fourth-order valence-corrected chi connectivity index (χ4v) is 7.20. The van der Waals surface area contributed by atoms with E-state index in [0.29, 0.717) is 33.7 Å². The summed E-state index contributed by atoms with van der Waals surface area (Å²) in [5.74, 6) is -6.74. The average molecular weight is 640 g/mol. The highest BCUT2D eigenvalue weighted by Crippen LogP contribution is 2.53. The number of ether oxygens (including phenoxy) is 1. The molecule has 0 saturated carbocycles. The molecule has 0 radical (unpaired) electrons. The number of aromatic hydroxyl groups is 1. The van der Waals surface area contributed by atoms with Crippen molar-refractivity contribution in [1.82, 2.24) is 4.90 Å². The number of ketones is 2. The first-order valence-electron chi connectivity index (χ1n) is 14.8. The lowest BCUT2D eigenvalue weighted by molar-refractivity contribution is -0.148. The fraction of sp³-hybridized carbons (Fsp3) is 0.257. The highest BCUT2D eigenvalue weighted by molar-refractivity contribution is 6.25. The van der Waals surface area contributed by atoms with Crippen LogP contribution in [-0.4, -0.2) is 81.6 Å². The number of allylic oxidation sites excluding steroid dienone is 1. The number of nitrogens with one attached hydrogen (secondary N) is 1. The lowest BCUT2D eigenvalue weighted by Crippen LogP contribution is -2.63. The van der Waals surface area contributed by atoms with Gasteiger partial charge in [-0.1, -0.05) is 18.2 Å². The van der Waals surface area contributed by atoms with Gasteiger partial charge in [-0.05, 0) is 92.0 Å². The molecule has 0 fully saturated rings. The van der Waals surface area contributed by atoms with Crippen LogP contribution in [0.5, 0.6) is 11.5 Å². The molecular formula is C35H33N3O9. The number of hydrogen-bond donors (Lipinski definition) is 6. The number of Topliss-reactive ketones (excluding diaryl/α,β-unsaturated/α-hetero) is 2. The van der Waals surface area contributed by atoms with E-state index < -0.39 is 58.0 Å². The molecule has 0 aliphatic heterocycles. The van der Waals surface area contributed by atoms with E-state index in [2.05, 4.69) is 5.32 Å². The van der Waals surface area contributed by atoms with Crippen LogP contribution in [0, 0.1) is 11.8 Å². The summed E-state index contributed by atoms with van der Waals surface area (Å²) in [6.45, 7) is 0. The molecule has 3 aliphatic carbocycles. The van der Waals surface area contributed by atoms with Gasteiger partial charge in [-0.15, -0.1) is 0 Å². The summed E-state index contributed by atoms with van der Waals surface area (Å²) in [5, 5.41) is 47.9. The molecule has 4 unspecified atom stereocenters. The molecule has 12 nitrogen and oxygen atoms in total. The lowest BCUT2D eigenvalue weighted by Gasteiger charge is -2.50. The van der Waals surface area contributed by atoms with Crippen LogP contribution in [0.15, 0.2) is 83.3 Å². The molecule has 7 N–H and O–H groups in total. The van der Waals surface area contributed by atoms with Gasteiger partial charge in [0.1, 0.15) is 28.6 Å². The number of primary amides is 1. The van der Waals surface area contributed by atoms with Gasteiger partial charge in [0.15, 0.2) is 11.4 Å². The summed E-state index contributed by atoms with van der Waals surface area (Å²) in [6, 6.07) is 15.5. The first kappa shape index (κ1) is 31.5. The number of benzene rings is 3. The number of hydrogen-bond acceptors (Lipinski definition) is 10. The van der Waals surface area contributed by atoms with Gasteiger partial charge in [0.25, 0.3) is 11.8 Å². The van der Waals surface area contributed by atoms with Crippen molar-refractivity contribution in [2.45, 2.75) is 24.5 Å². The Kier molecular flexibility index (Phi) is 7.65. The van der Waals surface area contributed by atoms with Crippen LogP contribution in [0.2, 0.25) is 0 Å². The molecule has 12 heteroatoms. The maximum Gasteiger partial charge on any atom is 0.255 e. The Labute approximate surface area is 269 Å². The predicted octanol–water partition coefficient (Wildman–Crippen LogP) is 3.05. The van der Waals surface area contributed by atoms with Crippen molar-refractivity contribution in [2.24, 2.45) is 17.6 Å². The average Bonchev–Trinajstić information content (AvgIpc) is 3.03. The number of aliphatic hydroxyl groups is 3. The largest absolute Gasteiger partial charge is 0.510 e. The summed E-state index contributed by atoms with van der Waals surface area (Å²) in [5.41, 5.74) is 4.30. The summed E-state index contributed by atoms with van der Waals surface area (Å²) in [7, 11) is 4.69. The Hall–Kier alpha value is -5.46. The first-order valence-corrected chi connectivity index (χ1v) is 14.8. The van der Waals surface area contributed by atoms with Crippen molar-refractivity contribution in [3.05, 3.63) is 100 Å². The van der Waals surface area contributed by atoms with Gasteiger partial charge in [0.05, 0.1) is 18.7 Å². The fourth-order valence-electron chi connectivity index (χ4n) is 7.20. The van der Waals surface area contributed by atoms with Crippen molar-refractivity contribution < 1.29 is 44.3 Å². The van der Waals surface area contributed by atoms with Gasteiger partial charge in [-0.3, -0.25) is 24.1 Å². The number of phenolic OH excluding ortho intramolecular Hbond substituents is 1. The molecule has 2 amide bonds. The lowest BCUT2D eigenvalue weighted by atomic mass is 9.58. The first-order chi connectivity index (χ1) is 22.3. The summed E-state index contributed by atoms with van der Waals surface area (Å²) < 4.78 is 5.14. The van der Waals surface area contributed by atoms with Gasteiger partial charge >= 0.3 is 0 Å². The standard InChI is InChI=1S/C35H33N3O9/c1-38(2)28-23-15-18-14-22-21(16-4-8-19(9-5-16)37-34(45)17-6-10-20(47-3)11-7-17)12-13-24(39)26(22)29(40)25(18)31(42)35(23,46)32(43)27(30(28)41)33(36)44/h4-13,18,23,28,39,41-42,46H,14-15H2,1-3H3,(H2,36,44)(H,37,45). The maximum absolute atomic E-state index is 14.0. The van der Waals surface area contributed by atoms with Crippen LogP contribution in [0.4, 0.5) is 5.69 Å². The number of likely N-dealkylation sites (N-methyl/N-ethyl adjacent to an activating group) is 1.